The first kappa shape index (κ1) is 12.5. The first-order valence-electron chi connectivity index (χ1n) is 4.23. The van der Waals surface area contributed by atoms with Gasteiger partial charge in [-0.05, 0) is 25.8 Å². The minimum absolute atomic E-state index is 0.365. The zero-order valence-corrected chi connectivity index (χ0v) is 7.69. The zero-order valence-electron chi connectivity index (χ0n) is 7.69. The lowest BCUT2D eigenvalue weighted by Gasteiger charge is -2.17. The minimum Gasteiger partial charge on any atom is -0.473 e. The number of rotatable bonds is 0. The van der Waals surface area contributed by atoms with Crippen LogP contribution >= 0.6 is 0 Å². The standard InChI is InChI=1S/C7H11N.C2H2O4/c1-2-7-5-3-4-6-8-7;3-1(4)2(5)6/h1,7-8H,3-6H2;(H,3,4)(H,5,6)/t7-;/m1./s1. The Morgan fingerprint density at radius 1 is 1.29 bits per heavy atom. The Morgan fingerprint density at radius 2 is 1.86 bits per heavy atom. The van der Waals surface area contributed by atoms with E-state index in [4.69, 9.17) is 26.2 Å². The van der Waals surface area contributed by atoms with E-state index in [0.717, 1.165) is 13.0 Å². The molecule has 1 saturated heterocycles. The minimum atomic E-state index is -1.82. The summed E-state index contributed by atoms with van der Waals surface area (Å²) in [5, 5.41) is 18.0. The van der Waals surface area contributed by atoms with Crippen molar-refractivity contribution in [2.75, 3.05) is 6.54 Å². The maximum absolute atomic E-state index is 9.10. The fourth-order valence-electron chi connectivity index (χ4n) is 0.994. The number of terminal acetylenes is 1. The predicted molar refractivity (Wildman–Crippen MR) is 49.7 cm³/mol. The van der Waals surface area contributed by atoms with Gasteiger partial charge in [-0.1, -0.05) is 5.92 Å². The molecule has 1 aliphatic rings. The average Bonchev–Trinajstić information content (AvgIpc) is 2.20. The van der Waals surface area contributed by atoms with E-state index in [1.54, 1.807) is 0 Å². The SMILES string of the molecule is C#C[C@@H]1CCCCN1.O=C(O)C(=O)O. The van der Waals surface area contributed by atoms with Crippen molar-refractivity contribution in [1.82, 2.24) is 5.32 Å². The van der Waals surface area contributed by atoms with Crippen LogP contribution in [0, 0.1) is 12.3 Å². The molecule has 5 heteroatoms. The lowest BCUT2D eigenvalue weighted by atomic mass is 10.1. The number of carbonyl (C=O) groups is 2. The summed E-state index contributed by atoms with van der Waals surface area (Å²) in [4.78, 5) is 18.2. The topological polar surface area (TPSA) is 86.6 Å². The first-order chi connectivity index (χ1) is 6.57. The van der Waals surface area contributed by atoms with Gasteiger partial charge in [0, 0.05) is 0 Å². The Kier molecular flexibility index (Phi) is 6.16. The second kappa shape index (κ2) is 6.92. The zero-order chi connectivity index (χ0) is 11.0. The van der Waals surface area contributed by atoms with Crippen molar-refractivity contribution >= 4 is 11.9 Å². The van der Waals surface area contributed by atoms with E-state index in [0.29, 0.717) is 6.04 Å². The number of hydrogen-bond donors (Lipinski definition) is 3. The van der Waals surface area contributed by atoms with Crippen LogP contribution in [0.2, 0.25) is 0 Å². The van der Waals surface area contributed by atoms with Gasteiger partial charge >= 0.3 is 11.9 Å². The molecule has 0 radical (unpaired) electrons. The van der Waals surface area contributed by atoms with Crippen molar-refractivity contribution in [1.29, 1.82) is 0 Å². The third kappa shape index (κ3) is 6.03. The highest BCUT2D eigenvalue weighted by Gasteiger charge is 2.07. The molecule has 1 aliphatic heterocycles. The first-order valence-corrected chi connectivity index (χ1v) is 4.23. The molecule has 0 bridgehead atoms. The largest absolute Gasteiger partial charge is 0.473 e. The molecule has 0 spiro atoms. The van der Waals surface area contributed by atoms with E-state index in [1.165, 1.54) is 12.8 Å². The van der Waals surface area contributed by atoms with Crippen LogP contribution in [-0.4, -0.2) is 34.7 Å². The Balaban J connectivity index is 0.000000255. The Morgan fingerprint density at radius 3 is 2.07 bits per heavy atom. The molecule has 0 aliphatic carbocycles. The number of nitrogens with one attached hydrogen (secondary N) is 1. The van der Waals surface area contributed by atoms with Crippen LogP contribution < -0.4 is 5.32 Å². The molecular formula is C9H13NO4. The number of carboxylic acids is 2. The van der Waals surface area contributed by atoms with Crippen molar-refractivity contribution < 1.29 is 19.8 Å². The van der Waals surface area contributed by atoms with E-state index < -0.39 is 11.9 Å². The van der Waals surface area contributed by atoms with Crippen LogP contribution in [0.5, 0.6) is 0 Å². The number of hydrogen-bond acceptors (Lipinski definition) is 3. The molecule has 1 rings (SSSR count). The van der Waals surface area contributed by atoms with Crippen LogP contribution in [-0.2, 0) is 9.59 Å². The third-order valence-corrected chi connectivity index (χ3v) is 1.69. The number of piperidine rings is 1. The molecule has 0 aromatic rings. The van der Waals surface area contributed by atoms with Crippen molar-refractivity contribution in [3.8, 4) is 12.3 Å². The molecule has 78 valence electrons. The van der Waals surface area contributed by atoms with E-state index in [1.807, 2.05) is 0 Å². The van der Waals surface area contributed by atoms with Crippen molar-refractivity contribution in [3.63, 3.8) is 0 Å². The summed E-state index contributed by atoms with van der Waals surface area (Å²) >= 11 is 0. The van der Waals surface area contributed by atoms with Gasteiger partial charge in [0.05, 0.1) is 6.04 Å². The summed E-state index contributed by atoms with van der Waals surface area (Å²) in [7, 11) is 0. The highest BCUT2D eigenvalue weighted by atomic mass is 16.4. The van der Waals surface area contributed by atoms with Crippen LogP contribution in [0.4, 0.5) is 0 Å². The molecule has 14 heavy (non-hydrogen) atoms. The summed E-state index contributed by atoms with van der Waals surface area (Å²) in [6, 6.07) is 0.365. The van der Waals surface area contributed by atoms with Gasteiger partial charge in [-0.2, -0.15) is 0 Å². The van der Waals surface area contributed by atoms with Gasteiger partial charge in [-0.3, -0.25) is 0 Å². The highest BCUT2D eigenvalue weighted by Crippen LogP contribution is 2.04. The van der Waals surface area contributed by atoms with Gasteiger partial charge in [0.15, 0.2) is 0 Å². The van der Waals surface area contributed by atoms with Gasteiger partial charge in [-0.15, -0.1) is 6.42 Å². The molecule has 0 unspecified atom stereocenters. The fraction of sp³-hybridized carbons (Fsp3) is 0.556. The van der Waals surface area contributed by atoms with E-state index >= 15 is 0 Å². The Bertz CT molecular complexity index is 226. The van der Waals surface area contributed by atoms with Crippen molar-refractivity contribution in [2.45, 2.75) is 25.3 Å². The maximum Gasteiger partial charge on any atom is 0.414 e. The number of carboxylic acid groups (broad SMARTS) is 2. The van der Waals surface area contributed by atoms with Gasteiger partial charge in [0.1, 0.15) is 0 Å². The molecule has 3 N–H and O–H groups in total. The molecule has 1 heterocycles. The second-order valence-electron chi connectivity index (χ2n) is 2.78. The summed E-state index contributed by atoms with van der Waals surface area (Å²) in [5.74, 6) is -0.955. The molecule has 1 fully saturated rings. The van der Waals surface area contributed by atoms with Gasteiger partial charge in [-0.25, -0.2) is 9.59 Å². The second-order valence-corrected chi connectivity index (χ2v) is 2.78. The predicted octanol–water partition coefficient (Wildman–Crippen LogP) is -0.0827. The van der Waals surface area contributed by atoms with E-state index in [-0.39, 0.29) is 0 Å². The molecule has 1 atom stereocenters. The highest BCUT2D eigenvalue weighted by molar-refractivity contribution is 6.27. The van der Waals surface area contributed by atoms with Gasteiger partial charge in [0.25, 0.3) is 0 Å². The van der Waals surface area contributed by atoms with E-state index in [9.17, 15) is 0 Å². The van der Waals surface area contributed by atoms with Crippen LogP contribution in [0.25, 0.3) is 0 Å². The molecule has 0 aromatic carbocycles. The molecule has 0 saturated carbocycles. The summed E-state index contributed by atoms with van der Waals surface area (Å²) in [6.45, 7) is 1.11. The van der Waals surface area contributed by atoms with Crippen LogP contribution in [0.3, 0.4) is 0 Å². The monoisotopic (exact) mass is 199 g/mol. The lowest BCUT2D eigenvalue weighted by molar-refractivity contribution is -0.159. The fourth-order valence-corrected chi connectivity index (χ4v) is 0.994. The quantitative estimate of drug-likeness (QED) is 0.375. The molecule has 0 amide bonds. The van der Waals surface area contributed by atoms with Gasteiger partial charge < -0.3 is 15.5 Å². The van der Waals surface area contributed by atoms with E-state index in [2.05, 4.69) is 11.2 Å². The average molecular weight is 199 g/mol. The Hall–Kier alpha value is -1.54. The summed E-state index contributed by atoms with van der Waals surface area (Å²) < 4.78 is 0. The number of aliphatic carboxylic acids is 2. The molecular weight excluding hydrogens is 186 g/mol. The maximum atomic E-state index is 9.10. The van der Waals surface area contributed by atoms with Crippen molar-refractivity contribution in [2.24, 2.45) is 0 Å². The third-order valence-electron chi connectivity index (χ3n) is 1.69. The van der Waals surface area contributed by atoms with Crippen molar-refractivity contribution in [3.05, 3.63) is 0 Å². The lowest BCUT2D eigenvalue weighted by Crippen LogP contribution is -2.32. The van der Waals surface area contributed by atoms with Crippen LogP contribution in [0.1, 0.15) is 19.3 Å². The smallest absolute Gasteiger partial charge is 0.414 e. The summed E-state index contributed by atoms with van der Waals surface area (Å²) in [6.07, 6.45) is 8.94. The summed E-state index contributed by atoms with van der Waals surface area (Å²) in [5.41, 5.74) is 0. The normalized spacial score (nSPS) is 19.8. The molecule has 5 nitrogen and oxygen atoms in total. The van der Waals surface area contributed by atoms with Gasteiger partial charge in [0.2, 0.25) is 0 Å². The molecule has 0 aromatic heterocycles. The van der Waals surface area contributed by atoms with Crippen LogP contribution in [0.15, 0.2) is 0 Å². The Labute approximate surface area is 82.1 Å².